The third-order valence-electron chi connectivity index (χ3n) is 9.35. The van der Waals surface area contributed by atoms with Gasteiger partial charge in [-0.1, -0.05) is 184 Å². The number of ether oxygens (including phenoxy) is 3. The molecule has 1 atom stereocenters. The molecule has 1 unspecified atom stereocenters. The predicted octanol–water partition coefficient (Wildman–Crippen LogP) is 14.1. The number of carbonyl (C=O) groups is 3. The average molecular weight is 755 g/mol. The van der Waals surface area contributed by atoms with Crippen LogP contribution in [0.2, 0.25) is 0 Å². The molecule has 0 heterocycles. The van der Waals surface area contributed by atoms with Crippen molar-refractivity contribution in [2.45, 2.75) is 213 Å². The quantitative estimate of drug-likeness (QED) is 0.0204. The van der Waals surface area contributed by atoms with Crippen LogP contribution < -0.4 is 0 Å². The molecule has 0 spiro atoms. The topological polar surface area (TPSA) is 78.9 Å². The van der Waals surface area contributed by atoms with Gasteiger partial charge in [-0.25, -0.2) is 0 Å². The van der Waals surface area contributed by atoms with Gasteiger partial charge in [0.2, 0.25) is 0 Å². The number of hydrogen-bond donors (Lipinski definition) is 0. The number of rotatable bonds is 39. The Balaban J connectivity index is 4.47. The highest BCUT2D eigenvalue weighted by Crippen LogP contribution is 2.13. The summed E-state index contributed by atoms with van der Waals surface area (Å²) in [5, 5.41) is 0. The Morgan fingerprint density at radius 1 is 0.389 bits per heavy atom. The van der Waals surface area contributed by atoms with Crippen LogP contribution in [0.5, 0.6) is 0 Å². The first-order chi connectivity index (χ1) is 26.5. The van der Waals surface area contributed by atoms with Crippen LogP contribution in [0.15, 0.2) is 60.8 Å². The van der Waals surface area contributed by atoms with Gasteiger partial charge in [0.25, 0.3) is 0 Å². The molecule has 0 aliphatic carbocycles. The zero-order valence-corrected chi connectivity index (χ0v) is 35.2. The van der Waals surface area contributed by atoms with E-state index in [1.54, 1.807) is 0 Å². The summed E-state index contributed by atoms with van der Waals surface area (Å²) in [4.78, 5) is 37.7. The van der Waals surface area contributed by atoms with Crippen LogP contribution in [0.4, 0.5) is 0 Å². The van der Waals surface area contributed by atoms with Crippen LogP contribution in [0, 0.1) is 0 Å². The predicted molar refractivity (Wildman–Crippen MR) is 228 cm³/mol. The van der Waals surface area contributed by atoms with E-state index in [1.807, 2.05) is 36.5 Å². The zero-order chi connectivity index (χ0) is 39.4. The van der Waals surface area contributed by atoms with Crippen molar-refractivity contribution in [3.63, 3.8) is 0 Å². The van der Waals surface area contributed by atoms with Crippen molar-refractivity contribution in [3.05, 3.63) is 60.8 Å². The lowest BCUT2D eigenvalue weighted by atomic mass is 10.1. The number of allylic oxidation sites excluding steroid dienone is 10. The summed E-state index contributed by atoms with van der Waals surface area (Å²) < 4.78 is 16.6. The maximum atomic E-state index is 12.7. The largest absolute Gasteiger partial charge is 0.462 e. The summed E-state index contributed by atoms with van der Waals surface area (Å²) in [5.74, 6) is -0.955. The van der Waals surface area contributed by atoms with E-state index in [0.29, 0.717) is 19.3 Å². The van der Waals surface area contributed by atoms with Gasteiger partial charge in [-0.3, -0.25) is 14.4 Å². The molecule has 6 heteroatoms. The molecule has 0 aromatic carbocycles. The van der Waals surface area contributed by atoms with E-state index in [0.717, 1.165) is 83.5 Å². The average Bonchev–Trinajstić information content (AvgIpc) is 3.17. The molecule has 0 aliphatic rings. The molecule has 0 fully saturated rings. The van der Waals surface area contributed by atoms with Crippen molar-refractivity contribution in [1.29, 1.82) is 0 Å². The molecule has 54 heavy (non-hydrogen) atoms. The second-order valence-electron chi connectivity index (χ2n) is 14.7. The first-order valence-electron chi connectivity index (χ1n) is 22.3. The van der Waals surface area contributed by atoms with E-state index in [9.17, 15) is 14.4 Å². The number of hydrogen-bond acceptors (Lipinski definition) is 6. The SMILES string of the molecule is CC\C=C/C=C\C=C/C=C\CCCCCC(=O)OCC(COC(=O)CCCCCCCCCCCC)OC(=O)CCCCC/C=C\CCCCCCCC. The third kappa shape index (κ3) is 40.3. The monoisotopic (exact) mass is 755 g/mol. The van der Waals surface area contributed by atoms with E-state index in [-0.39, 0.29) is 31.1 Å². The van der Waals surface area contributed by atoms with Gasteiger partial charge in [-0.05, 0) is 64.2 Å². The minimum Gasteiger partial charge on any atom is -0.462 e. The van der Waals surface area contributed by atoms with E-state index in [2.05, 4.69) is 45.1 Å². The van der Waals surface area contributed by atoms with E-state index >= 15 is 0 Å². The molecule has 0 amide bonds. The fourth-order valence-electron chi connectivity index (χ4n) is 5.97. The highest BCUT2D eigenvalue weighted by Gasteiger charge is 2.19. The van der Waals surface area contributed by atoms with Crippen LogP contribution >= 0.6 is 0 Å². The highest BCUT2D eigenvalue weighted by atomic mass is 16.6. The first kappa shape index (κ1) is 51.1. The molecule has 0 saturated carbocycles. The Bertz CT molecular complexity index is 1010. The standard InChI is InChI=1S/C48H82O6/c1-4-7-10-13-16-19-22-24-26-29-32-35-38-41-47(50)53-44-45(43-52-46(49)40-37-34-31-28-21-18-15-12-9-6-3)54-48(51)42-39-36-33-30-27-25-23-20-17-14-11-8-5-2/h7,10,13,16,19,22,24-27,45H,4-6,8-9,11-12,14-15,17-18,20-21,23,28-44H2,1-3H3/b10-7-,16-13-,22-19-,26-24-,27-25-. The minimum atomic E-state index is -0.793. The second-order valence-corrected chi connectivity index (χ2v) is 14.7. The summed E-state index contributed by atoms with van der Waals surface area (Å²) in [6.45, 7) is 6.41. The lowest BCUT2D eigenvalue weighted by Crippen LogP contribution is -2.30. The molecule has 0 bridgehead atoms. The number of esters is 3. The molecular weight excluding hydrogens is 673 g/mol. The third-order valence-corrected chi connectivity index (χ3v) is 9.35. The minimum absolute atomic E-state index is 0.0922. The van der Waals surface area contributed by atoms with Gasteiger partial charge in [-0.15, -0.1) is 0 Å². The van der Waals surface area contributed by atoms with Gasteiger partial charge in [0.1, 0.15) is 13.2 Å². The van der Waals surface area contributed by atoms with Gasteiger partial charge in [0.15, 0.2) is 6.10 Å². The fraction of sp³-hybridized carbons (Fsp3) is 0.729. The molecule has 6 nitrogen and oxygen atoms in total. The number of unbranched alkanes of at least 4 members (excludes halogenated alkanes) is 21. The molecule has 0 saturated heterocycles. The smallest absolute Gasteiger partial charge is 0.306 e. The molecule has 0 aliphatic heterocycles. The molecule has 310 valence electrons. The maximum Gasteiger partial charge on any atom is 0.306 e. The van der Waals surface area contributed by atoms with E-state index < -0.39 is 6.10 Å². The Morgan fingerprint density at radius 2 is 0.741 bits per heavy atom. The van der Waals surface area contributed by atoms with Crippen molar-refractivity contribution < 1.29 is 28.6 Å². The second kappa shape index (κ2) is 42.8. The van der Waals surface area contributed by atoms with Gasteiger partial charge in [0.05, 0.1) is 0 Å². The van der Waals surface area contributed by atoms with Gasteiger partial charge >= 0.3 is 17.9 Å². The van der Waals surface area contributed by atoms with Crippen LogP contribution in [0.3, 0.4) is 0 Å². The Hall–Kier alpha value is -2.89. The van der Waals surface area contributed by atoms with Crippen molar-refractivity contribution in [3.8, 4) is 0 Å². The van der Waals surface area contributed by atoms with Crippen LogP contribution in [0.25, 0.3) is 0 Å². The van der Waals surface area contributed by atoms with Crippen LogP contribution in [-0.2, 0) is 28.6 Å². The normalized spacial score (nSPS) is 12.6. The summed E-state index contributed by atoms with van der Waals surface area (Å²) in [6.07, 6.45) is 50.6. The molecule has 0 aromatic heterocycles. The van der Waals surface area contributed by atoms with Crippen molar-refractivity contribution in [1.82, 2.24) is 0 Å². The van der Waals surface area contributed by atoms with Gasteiger partial charge in [-0.2, -0.15) is 0 Å². The molecule has 0 N–H and O–H groups in total. The summed E-state index contributed by atoms with van der Waals surface area (Å²) >= 11 is 0. The Kier molecular flexibility index (Phi) is 40.6. The first-order valence-corrected chi connectivity index (χ1v) is 22.3. The molecule has 0 aromatic rings. The Labute approximate surface area is 332 Å². The van der Waals surface area contributed by atoms with Gasteiger partial charge < -0.3 is 14.2 Å². The Morgan fingerprint density at radius 3 is 1.20 bits per heavy atom. The number of carbonyl (C=O) groups excluding carboxylic acids is 3. The zero-order valence-electron chi connectivity index (χ0n) is 35.2. The summed E-state index contributed by atoms with van der Waals surface area (Å²) in [6, 6.07) is 0. The fourth-order valence-corrected chi connectivity index (χ4v) is 5.97. The molecule has 0 rings (SSSR count). The molecule has 0 radical (unpaired) electrons. The van der Waals surface area contributed by atoms with Crippen LogP contribution in [0.1, 0.15) is 207 Å². The van der Waals surface area contributed by atoms with Crippen molar-refractivity contribution >= 4 is 17.9 Å². The van der Waals surface area contributed by atoms with E-state index in [4.69, 9.17) is 14.2 Å². The van der Waals surface area contributed by atoms with E-state index in [1.165, 1.54) is 83.5 Å². The summed E-state index contributed by atoms with van der Waals surface area (Å²) in [5.41, 5.74) is 0. The lowest BCUT2D eigenvalue weighted by molar-refractivity contribution is -0.167. The highest BCUT2D eigenvalue weighted by molar-refractivity contribution is 5.71. The lowest BCUT2D eigenvalue weighted by Gasteiger charge is -2.18. The summed E-state index contributed by atoms with van der Waals surface area (Å²) in [7, 11) is 0. The van der Waals surface area contributed by atoms with Crippen molar-refractivity contribution in [2.24, 2.45) is 0 Å². The molecular formula is C48H82O6. The van der Waals surface area contributed by atoms with Crippen molar-refractivity contribution in [2.75, 3.05) is 13.2 Å². The van der Waals surface area contributed by atoms with Crippen LogP contribution in [-0.4, -0.2) is 37.2 Å². The maximum absolute atomic E-state index is 12.7. The van der Waals surface area contributed by atoms with Gasteiger partial charge in [0, 0.05) is 19.3 Å².